The Labute approximate surface area is 153 Å². The van der Waals surface area contributed by atoms with Gasteiger partial charge < -0.3 is 15.8 Å². The number of nitrogen functional groups attached to an aromatic ring is 1. The maximum atomic E-state index is 6.29. The van der Waals surface area contributed by atoms with Crippen LogP contribution in [0.4, 0.5) is 16.6 Å². The Morgan fingerprint density at radius 2 is 2.04 bits per heavy atom. The summed E-state index contributed by atoms with van der Waals surface area (Å²) >= 11 is 1.50. The van der Waals surface area contributed by atoms with Gasteiger partial charge in [-0.2, -0.15) is 5.10 Å². The lowest BCUT2D eigenvalue weighted by Crippen LogP contribution is -2.09. The lowest BCUT2D eigenvalue weighted by molar-refractivity contribution is 0.415. The van der Waals surface area contributed by atoms with Gasteiger partial charge in [0.2, 0.25) is 0 Å². The molecule has 0 unspecified atom stereocenters. The number of hydrogen-bond acceptors (Lipinski definition) is 8. The Hall–Kier alpha value is -3.20. The summed E-state index contributed by atoms with van der Waals surface area (Å²) in [5, 5.41) is 8.31. The molecule has 0 fully saturated rings. The molecule has 3 N–H and O–H groups in total. The van der Waals surface area contributed by atoms with Crippen molar-refractivity contribution < 1.29 is 4.74 Å². The molecule has 4 rings (SSSR count). The molecule has 0 aliphatic carbocycles. The predicted molar refractivity (Wildman–Crippen MR) is 102 cm³/mol. The summed E-state index contributed by atoms with van der Waals surface area (Å²) in [7, 11) is 1.64. The van der Waals surface area contributed by atoms with Gasteiger partial charge in [0.05, 0.1) is 23.0 Å². The van der Waals surface area contributed by atoms with Crippen molar-refractivity contribution in [2.24, 2.45) is 0 Å². The van der Waals surface area contributed by atoms with Crippen molar-refractivity contribution in [3.63, 3.8) is 0 Å². The minimum Gasteiger partial charge on any atom is -0.497 e. The lowest BCUT2D eigenvalue weighted by Gasteiger charge is -2.10. The van der Waals surface area contributed by atoms with E-state index in [1.807, 2.05) is 38.1 Å². The number of fused-ring (bicyclic) bond motifs is 1. The number of nitrogens with one attached hydrogen (secondary N) is 1. The van der Waals surface area contributed by atoms with Crippen LogP contribution < -0.4 is 15.8 Å². The summed E-state index contributed by atoms with van der Waals surface area (Å²) in [6, 6.07) is 7.71. The van der Waals surface area contributed by atoms with Crippen LogP contribution in [0.1, 0.15) is 11.4 Å². The molecule has 0 aliphatic rings. The molecule has 1 aromatic carbocycles. The molecule has 3 aromatic heterocycles. The molecule has 0 spiro atoms. The second-order valence-corrected chi connectivity index (χ2v) is 6.81. The van der Waals surface area contributed by atoms with Gasteiger partial charge in [-0.15, -0.1) is 0 Å². The van der Waals surface area contributed by atoms with E-state index in [9.17, 15) is 0 Å². The quantitative estimate of drug-likeness (QED) is 0.571. The van der Waals surface area contributed by atoms with Crippen LogP contribution in [-0.2, 0) is 0 Å². The van der Waals surface area contributed by atoms with Crippen LogP contribution in [0.5, 0.6) is 5.75 Å². The van der Waals surface area contributed by atoms with E-state index in [1.54, 1.807) is 11.8 Å². The molecular weight excluding hydrogens is 350 g/mol. The Kier molecular flexibility index (Phi) is 3.92. The summed E-state index contributed by atoms with van der Waals surface area (Å²) in [4.78, 5) is 13.1. The third kappa shape index (κ3) is 2.82. The molecule has 4 aromatic rings. The summed E-state index contributed by atoms with van der Waals surface area (Å²) < 4.78 is 7.98. The maximum Gasteiger partial charge on any atom is 0.189 e. The summed E-state index contributed by atoms with van der Waals surface area (Å²) in [5.74, 6) is 1.82. The van der Waals surface area contributed by atoms with E-state index in [2.05, 4.69) is 25.4 Å². The summed E-state index contributed by atoms with van der Waals surface area (Å²) in [6.45, 7) is 3.88. The minimum absolute atomic E-state index is 0.413. The van der Waals surface area contributed by atoms with Crippen molar-refractivity contribution in [3.8, 4) is 11.6 Å². The van der Waals surface area contributed by atoms with Crippen LogP contribution in [0.3, 0.4) is 0 Å². The Morgan fingerprint density at radius 1 is 1.19 bits per heavy atom. The largest absolute Gasteiger partial charge is 0.497 e. The standard InChI is InChI=1S/C17H17N7OS/c1-9-6-10(2)24(23-9)16-14(18)15(19-8-20-16)22-17-21-12-5-4-11(25-3)7-13(12)26-17/h4-8H,18H2,1-3H3,(H,19,20,21,22). The number of anilines is 3. The number of rotatable bonds is 4. The smallest absolute Gasteiger partial charge is 0.189 e. The van der Waals surface area contributed by atoms with Gasteiger partial charge in [0.1, 0.15) is 17.8 Å². The average molecular weight is 367 g/mol. The number of nitrogens with zero attached hydrogens (tertiary/aromatic N) is 5. The molecule has 0 radical (unpaired) electrons. The van der Waals surface area contributed by atoms with E-state index in [1.165, 1.54) is 17.7 Å². The molecule has 0 atom stereocenters. The molecule has 8 nitrogen and oxygen atoms in total. The minimum atomic E-state index is 0.413. The van der Waals surface area contributed by atoms with Gasteiger partial charge in [0.15, 0.2) is 16.8 Å². The number of hydrogen-bond donors (Lipinski definition) is 2. The van der Waals surface area contributed by atoms with E-state index in [-0.39, 0.29) is 0 Å². The first-order valence-corrected chi connectivity index (χ1v) is 8.72. The van der Waals surface area contributed by atoms with E-state index in [0.717, 1.165) is 27.4 Å². The van der Waals surface area contributed by atoms with Gasteiger partial charge in [0, 0.05) is 5.69 Å². The lowest BCUT2D eigenvalue weighted by atomic mass is 10.3. The van der Waals surface area contributed by atoms with Crippen LogP contribution in [0.25, 0.3) is 16.0 Å². The number of ether oxygens (including phenoxy) is 1. The van der Waals surface area contributed by atoms with Crippen LogP contribution in [0.2, 0.25) is 0 Å². The summed E-state index contributed by atoms with van der Waals surface area (Å²) in [5.41, 5.74) is 9.43. The molecule has 0 bridgehead atoms. The number of aromatic nitrogens is 5. The molecule has 0 aliphatic heterocycles. The molecular formula is C17H17N7OS. The predicted octanol–water partition coefficient (Wildman–Crippen LogP) is 3.22. The Morgan fingerprint density at radius 3 is 2.77 bits per heavy atom. The van der Waals surface area contributed by atoms with Crippen LogP contribution in [0.15, 0.2) is 30.6 Å². The zero-order chi connectivity index (χ0) is 18.3. The van der Waals surface area contributed by atoms with E-state index >= 15 is 0 Å². The molecule has 26 heavy (non-hydrogen) atoms. The monoisotopic (exact) mass is 367 g/mol. The van der Waals surface area contributed by atoms with Crippen molar-refractivity contribution in [1.29, 1.82) is 0 Å². The summed E-state index contributed by atoms with van der Waals surface area (Å²) in [6.07, 6.45) is 1.46. The molecule has 132 valence electrons. The highest BCUT2D eigenvalue weighted by molar-refractivity contribution is 7.22. The third-order valence-corrected chi connectivity index (χ3v) is 4.83. The van der Waals surface area contributed by atoms with E-state index < -0.39 is 0 Å². The van der Waals surface area contributed by atoms with Crippen molar-refractivity contribution in [3.05, 3.63) is 42.0 Å². The maximum absolute atomic E-state index is 6.29. The Bertz CT molecular complexity index is 1100. The fourth-order valence-electron chi connectivity index (χ4n) is 2.68. The highest BCUT2D eigenvalue weighted by Gasteiger charge is 2.14. The first-order valence-electron chi connectivity index (χ1n) is 7.91. The van der Waals surface area contributed by atoms with Crippen LogP contribution >= 0.6 is 11.3 Å². The second-order valence-electron chi connectivity index (χ2n) is 5.78. The SMILES string of the molecule is COc1ccc2nc(Nc3ncnc(-n4nc(C)cc4C)c3N)sc2c1. The highest BCUT2D eigenvalue weighted by Crippen LogP contribution is 2.32. The molecule has 9 heteroatoms. The van der Waals surface area contributed by atoms with Crippen molar-refractivity contribution in [1.82, 2.24) is 24.7 Å². The number of thiazole rings is 1. The number of benzene rings is 1. The molecule has 3 heterocycles. The second kappa shape index (κ2) is 6.26. The first-order chi connectivity index (χ1) is 12.5. The molecule has 0 saturated heterocycles. The van der Waals surface area contributed by atoms with E-state index in [0.29, 0.717) is 22.5 Å². The normalized spacial score (nSPS) is 11.0. The van der Waals surface area contributed by atoms with Gasteiger partial charge in [-0.25, -0.2) is 19.6 Å². The zero-order valence-corrected chi connectivity index (χ0v) is 15.3. The fraction of sp³-hybridized carbons (Fsp3) is 0.176. The average Bonchev–Trinajstić information content (AvgIpc) is 3.17. The first kappa shape index (κ1) is 16.3. The van der Waals surface area contributed by atoms with Gasteiger partial charge >= 0.3 is 0 Å². The number of aryl methyl sites for hydroxylation is 2. The van der Waals surface area contributed by atoms with Gasteiger partial charge in [0.25, 0.3) is 0 Å². The van der Waals surface area contributed by atoms with Crippen LogP contribution in [-0.4, -0.2) is 31.8 Å². The van der Waals surface area contributed by atoms with Gasteiger partial charge in [-0.1, -0.05) is 11.3 Å². The van der Waals surface area contributed by atoms with Crippen LogP contribution in [0, 0.1) is 13.8 Å². The zero-order valence-electron chi connectivity index (χ0n) is 14.5. The molecule has 0 amide bonds. The third-order valence-electron chi connectivity index (χ3n) is 3.89. The van der Waals surface area contributed by atoms with E-state index in [4.69, 9.17) is 10.5 Å². The highest BCUT2D eigenvalue weighted by atomic mass is 32.1. The van der Waals surface area contributed by atoms with Crippen molar-refractivity contribution in [2.75, 3.05) is 18.2 Å². The number of nitrogens with two attached hydrogens (primary N) is 1. The Balaban J connectivity index is 1.71. The van der Waals surface area contributed by atoms with Gasteiger partial charge in [-0.3, -0.25) is 0 Å². The number of methoxy groups -OCH3 is 1. The van der Waals surface area contributed by atoms with Crippen molar-refractivity contribution >= 4 is 38.2 Å². The van der Waals surface area contributed by atoms with Crippen molar-refractivity contribution in [2.45, 2.75) is 13.8 Å². The molecule has 0 saturated carbocycles. The fourth-order valence-corrected chi connectivity index (χ4v) is 3.58. The topological polar surface area (TPSA) is 104 Å². The van der Waals surface area contributed by atoms with Gasteiger partial charge in [-0.05, 0) is 38.1 Å².